The first-order chi connectivity index (χ1) is 10.5. The first-order valence-electron chi connectivity index (χ1n) is 7.44. The lowest BCUT2D eigenvalue weighted by Gasteiger charge is -2.31. The van der Waals surface area contributed by atoms with Gasteiger partial charge in [-0.2, -0.15) is 0 Å². The van der Waals surface area contributed by atoms with E-state index in [0.29, 0.717) is 19.1 Å². The number of amides is 1. The average Bonchev–Trinajstić information content (AvgIpc) is 2.46. The number of ether oxygens (including phenoxy) is 2. The van der Waals surface area contributed by atoms with Crippen molar-refractivity contribution in [2.24, 2.45) is 0 Å². The molecule has 120 valence electrons. The van der Waals surface area contributed by atoms with Crippen LogP contribution in [0.4, 0.5) is 0 Å². The molecule has 1 aliphatic heterocycles. The molecule has 0 radical (unpaired) electrons. The van der Waals surface area contributed by atoms with E-state index in [1.165, 1.54) is 4.90 Å². The monoisotopic (exact) mass is 307 g/mol. The second-order valence-electron chi connectivity index (χ2n) is 5.29. The lowest BCUT2D eigenvalue weighted by Crippen LogP contribution is -2.47. The van der Waals surface area contributed by atoms with Gasteiger partial charge < -0.3 is 14.4 Å². The third-order valence-corrected chi connectivity index (χ3v) is 3.35. The van der Waals surface area contributed by atoms with E-state index in [1.807, 2.05) is 19.9 Å². The second kappa shape index (κ2) is 7.20. The number of hydrogen-bond donors (Lipinski definition) is 0. The number of piperidine rings is 1. The Labute approximate surface area is 129 Å². The van der Waals surface area contributed by atoms with Crippen molar-refractivity contribution in [3.63, 3.8) is 0 Å². The highest BCUT2D eigenvalue weighted by Crippen LogP contribution is 2.16. The van der Waals surface area contributed by atoms with E-state index in [4.69, 9.17) is 9.47 Å². The maximum Gasteiger partial charge on any atom is 0.397 e. The Bertz CT molecular complexity index is 541. The Morgan fingerprint density at radius 3 is 2.64 bits per heavy atom. The Morgan fingerprint density at radius 1 is 1.32 bits per heavy atom. The molecule has 1 aromatic heterocycles. The van der Waals surface area contributed by atoms with Gasteiger partial charge in [-0.25, -0.2) is 14.8 Å². The topological polar surface area (TPSA) is 81.6 Å². The molecule has 0 saturated carbocycles. The Balaban J connectivity index is 1.98. The van der Waals surface area contributed by atoms with Gasteiger partial charge in [-0.3, -0.25) is 4.79 Å². The van der Waals surface area contributed by atoms with E-state index in [-0.39, 0.29) is 12.7 Å². The zero-order chi connectivity index (χ0) is 16.1. The quantitative estimate of drug-likeness (QED) is 0.613. The van der Waals surface area contributed by atoms with E-state index in [0.717, 1.165) is 24.2 Å². The van der Waals surface area contributed by atoms with Crippen molar-refractivity contribution in [2.45, 2.75) is 39.7 Å². The Kier molecular flexibility index (Phi) is 5.30. The zero-order valence-electron chi connectivity index (χ0n) is 13.2. The van der Waals surface area contributed by atoms with Crippen LogP contribution in [0.1, 0.15) is 31.2 Å². The summed E-state index contributed by atoms with van der Waals surface area (Å²) in [6.07, 6.45) is 1.34. The third kappa shape index (κ3) is 4.16. The molecule has 0 aliphatic carbocycles. The first-order valence-corrected chi connectivity index (χ1v) is 7.44. The summed E-state index contributed by atoms with van der Waals surface area (Å²) in [6.45, 7) is 6.48. The molecule has 0 spiro atoms. The largest absolute Gasteiger partial charge is 0.459 e. The predicted octanol–water partition coefficient (Wildman–Crippen LogP) is 1.03. The van der Waals surface area contributed by atoms with Gasteiger partial charge in [0.25, 0.3) is 0 Å². The normalized spacial score (nSPS) is 18.0. The highest BCUT2D eigenvalue weighted by Gasteiger charge is 2.30. The summed E-state index contributed by atoms with van der Waals surface area (Å²) in [7, 11) is 0. The van der Waals surface area contributed by atoms with Gasteiger partial charge in [0.1, 0.15) is 6.10 Å². The molecule has 7 nitrogen and oxygen atoms in total. The standard InChI is InChI=1S/C15H21N3O4/c1-4-21-14(20)13(19)18-7-5-6-12(9-18)22-15-16-10(2)8-11(3)17-15/h8,12H,4-7,9H2,1-3H3. The van der Waals surface area contributed by atoms with Gasteiger partial charge in [-0.05, 0) is 39.7 Å². The molecule has 2 heterocycles. The molecule has 2 rings (SSSR count). The summed E-state index contributed by atoms with van der Waals surface area (Å²) in [5.41, 5.74) is 1.66. The van der Waals surface area contributed by atoms with E-state index in [2.05, 4.69) is 9.97 Å². The third-order valence-electron chi connectivity index (χ3n) is 3.35. The number of nitrogens with zero attached hydrogens (tertiary/aromatic N) is 3. The number of aryl methyl sites for hydroxylation is 2. The minimum atomic E-state index is -0.814. The predicted molar refractivity (Wildman–Crippen MR) is 78.4 cm³/mol. The molecule has 0 N–H and O–H groups in total. The molecule has 1 aromatic rings. The van der Waals surface area contributed by atoms with E-state index < -0.39 is 11.9 Å². The zero-order valence-corrected chi connectivity index (χ0v) is 13.2. The summed E-state index contributed by atoms with van der Waals surface area (Å²) >= 11 is 0. The molecule has 1 saturated heterocycles. The van der Waals surface area contributed by atoms with Crippen LogP contribution in [0, 0.1) is 13.8 Å². The van der Waals surface area contributed by atoms with Crippen molar-refractivity contribution in [1.82, 2.24) is 14.9 Å². The highest BCUT2D eigenvalue weighted by molar-refractivity contribution is 6.32. The fraction of sp³-hybridized carbons (Fsp3) is 0.600. The highest BCUT2D eigenvalue weighted by atomic mass is 16.5. The van der Waals surface area contributed by atoms with Gasteiger partial charge >= 0.3 is 17.9 Å². The summed E-state index contributed by atoms with van der Waals surface area (Å²) in [5.74, 6) is -1.43. The second-order valence-corrected chi connectivity index (χ2v) is 5.29. The van der Waals surface area contributed by atoms with Crippen LogP contribution in [0.25, 0.3) is 0 Å². The molecule has 0 aromatic carbocycles. The van der Waals surface area contributed by atoms with Gasteiger partial charge in [0, 0.05) is 17.9 Å². The van der Waals surface area contributed by atoms with Crippen molar-refractivity contribution in [3.8, 4) is 6.01 Å². The molecule has 1 atom stereocenters. The molecule has 1 amide bonds. The minimum Gasteiger partial charge on any atom is -0.459 e. The summed E-state index contributed by atoms with van der Waals surface area (Å²) in [6, 6.07) is 2.18. The van der Waals surface area contributed by atoms with E-state index in [9.17, 15) is 9.59 Å². The molecule has 22 heavy (non-hydrogen) atoms. The Morgan fingerprint density at radius 2 is 2.00 bits per heavy atom. The lowest BCUT2D eigenvalue weighted by atomic mass is 10.1. The molecule has 1 aliphatic rings. The maximum atomic E-state index is 12.0. The van der Waals surface area contributed by atoms with Crippen LogP contribution in [0.2, 0.25) is 0 Å². The van der Waals surface area contributed by atoms with Gasteiger partial charge in [0.15, 0.2) is 0 Å². The van der Waals surface area contributed by atoms with Crippen LogP contribution in [-0.2, 0) is 14.3 Å². The van der Waals surface area contributed by atoms with Crippen LogP contribution in [0.5, 0.6) is 6.01 Å². The van der Waals surface area contributed by atoms with Crippen molar-refractivity contribution in [3.05, 3.63) is 17.5 Å². The fourth-order valence-corrected chi connectivity index (χ4v) is 2.44. The van der Waals surface area contributed by atoms with Crippen LogP contribution in [-0.4, -0.2) is 52.5 Å². The number of esters is 1. The summed E-state index contributed by atoms with van der Waals surface area (Å²) < 4.78 is 10.5. The van der Waals surface area contributed by atoms with Crippen molar-refractivity contribution in [1.29, 1.82) is 0 Å². The molecule has 0 bridgehead atoms. The molecule has 1 unspecified atom stereocenters. The minimum absolute atomic E-state index is 0.189. The average molecular weight is 307 g/mol. The van der Waals surface area contributed by atoms with Crippen molar-refractivity contribution < 1.29 is 19.1 Å². The van der Waals surface area contributed by atoms with Crippen LogP contribution >= 0.6 is 0 Å². The number of carbonyl (C=O) groups excluding carboxylic acids is 2. The molecule has 7 heteroatoms. The van der Waals surface area contributed by atoms with Gasteiger partial charge in [-0.1, -0.05) is 0 Å². The van der Waals surface area contributed by atoms with Crippen molar-refractivity contribution >= 4 is 11.9 Å². The Hall–Kier alpha value is -2.18. The van der Waals surface area contributed by atoms with Crippen LogP contribution < -0.4 is 4.74 Å². The lowest BCUT2D eigenvalue weighted by molar-refractivity contribution is -0.161. The van der Waals surface area contributed by atoms with E-state index in [1.54, 1.807) is 6.92 Å². The van der Waals surface area contributed by atoms with Gasteiger partial charge in [-0.15, -0.1) is 0 Å². The van der Waals surface area contributed by atoms with Gasteiger partial charge in [0.05, 0.1) is 13.2 Å². The molecule has 1 fully saturated rings. The number of rotatable bonds is 3. The molecular weight excluding hydrogens is 286 g/mol. The number of likely N-dealkylation sites (tertiary alicyclic amines) is 1. The number of aromatic nitrogens is 2. The number of carbonyl (C=O) groups is 2. The SMILES string of the molecule is CCOC(=O)C(=O)N1CCCC(Oc2nc(C)cc(C)n2)C1. The van der Waals surface area contributed by atoms with Crippen LogP contribution in [0.3, 0.4) is 0 Å². The summed E-state index contributed by atoms with van der Waals surface area (Å²) in [5, 5.41) is 0. The molecular formula is C15H21N3O4. The van der Waals surface area contributed by atoms with Gasteiger partial charge in [0.2, 0.25) is 0 Å². The fourth-order valence-electron chi connectivity index (χ4n) is 2.44. The van der Waals surface area contributed by atoms with E-state index >= 15 is 0 Å². The van der Waals surface area contributed by atoms with Crippen LogP contribution in [0.15, 0.2) is 6.07 Å². The first kappa shape index (κ1) is 16.2. The summed E-state index contributed by atoms with van der Waals surface area (Å²) in [4.78, 5) is 33.4. The maximum absolute atomic E-state index is 12.0. The van der Waals surface area contributed by atoms with Crippen molar-refractivity contribution in [2.75, 3.05) is 19.7 Å². The number of hydrogen-bond acceptors (Lipinski definition) is 6. The smallest absolute Gasteiger partial charge is 0.397 e.